The van der Waals surface area contributed by atoms with Gasteiger partial charge in [0.15, 0.2) is 0 Å². The number of hydrogen-bond donors (Lipinski definition) is 0. The van der Waals surface area contributed by atoms with E-state index in [1.807, 2.05) is 0 Å². The van der Waals surface area contributed by atoms with E-state index in [2.05, 4.69) is 5.92 Å². The van der Waals surface area contributed by atoms with Crippen molar-refractivity contribution in [2.24, 2.45) is 0 Å². The van der Waals surface area contributed by atoms with Crippen molar-refractivity contribution in [2.75, 3.05) is 39.6 Å². The van der Waals surface area contributed by atoms with Gasteiger partial charge in [0, 0.05) is 12.8 Å². The molecule has 0 aromatic carbocycles. The molecule has 0 saturated heterocycles. The van der Waals surface area contributed by atoms with Gasteiger partial charge in [0.25, 0.3) is 0 Å². The molecule has 0 atom stereocenters. The largest absolute Gasteiger partial charge is 0.379 e. The normalized spacial score (nSPS) is 9.80. The number of carbonyl (C=O) groups is 1. The van der Waals surface area contributed by atoms with Gasteiger partial charge in [0.1, 0.15) is 6.29 Å². The quantitative estimate of drug-likeness (QED) is 0.288. The lowest BCUT2D eigenvalue weighted by molar-refractivity contribution is -0.108. The fourth-order valence-electron chi connectivity index (χ4n) is 0.804. The molecule has 0 rings (SSSR count). The third kappa shape index (κ3) is 13.1. The van der Waals surface area contributed by atoms with Gasteiger partial charge in [0.05, 0.1) is 39.6 Å². The van der Waals surface area contributed by atoms with E-state index in [-0.39, 0.29) is 0 Å². The predicted molar refractivity (Wildman–Crippen MR) is 56.6 cm³/mol. The zero-order valence-electron chi connectivity index (χ0n) is 8.94. The Hall–Kier alpha value is -0.890. The van der Waals surface area contributed by atoms with E-state index in [1.165, 1.54) is 0 Å². The van der Waals surface area contributed by atoms with Crippen LogP contribution in [0, 0.1) is 12.3 Å². The van der Waals surface area contributed by atoms with Crippen molar-refractivity contribution < 1.29 is 19.0 Å². The number of rotatable bonds is 11. The first-order valence-electron chi connectivity index (χ1n) is 5.02. The minimum Gasteiger partial charge on any atom is -0.379 e. The van der Waals surface area contributed by atoms with Gasteiger partial charge in [-0.25, -0.2) is 0 Å². The molecule has 0 aromatic rings. The zero-order chi connectivity index (χ0) is 11.2. The average molecular weight is 214 g/mol. The molecule has 0 aliphatic rings. The Morgan fingerprint density at radius 2 is 1.47 bits per heavy atom. The van der Waals surface area contributed by atoms with Gasteiger partial charge < -0.3 is 19.0 Å². The minimum absolute atomic E-state index is 0.440. The van der Waals surface area contributed by atoms with E-state index in [9.17, 15) is 4.79 Å². The highest BCUT2D eigenvalue weighted by atomic mass is 16.5. The zero-order valence-corrected chi connectivity index (χ0v) is 8.94. The molecule has 0 radical (unpaired) electrons. The molecule has 0 amide bonds. The molecule has 0 unspecified atom stereocenters. The van der Waals surface area contributed by atoms with Crippen molar-refractivity contribution in [2.45, 2.75) is 12.8 Å². The summed E-state index contributed by atoms with van der Waals surface area (Å²) in [4.78, 5) is 9.92. The maximum absolute atomic E-state index is 9.92. The van der Waals surface area contributed by atoms with Crippen LogP contribution in [0.2, 0.25) is 0 Å². The highest BCUT2D eigenvalue weighted by Gasteiger charge is 1.90. The number of terminal acetylenes is 1. The summed E-state index contributed by atoms with van der Waals surface area (Å²) in [5.74, 6) is 2.48. The van der Waals surface area contributed by atoms with E-state index < -0.39 is 0 Å². The summed E-state index contributed by atoms with van der Waals surface area (Å²) in [6.45, 7) is 3.18. The molecule has 0 aromatic heterocycles. The summed E-state index contributed by atoms with van der Waals surface area (Å²) < 4.78 is 15.5. The Balaban J connectivity index is 2.87. The number of hydrogen-bond acceptors (Lipinski definition) is 4. The molecule has 0 bridgehead atoms. The Morgan fingerprint density at radius 1 is 0.933 bits per heavy atom. The molecule has 4 nitrogen and oxygen atoms in total. The first kappa shape index (κ1) is 14.1. The molecule has 86 valence electrons. The minimum atomic E-state index is 0.440. The van der Waals surface area contributed by atoms with E-state index >= 15 is 0 Å². The fraction of sp³-hybridized carbons (Fsp3) is 0.727. The SMILES string of the molecule is C#CCCOCCOCCOCCC=O. The third-order valence-electron chi connectivity index (χ3n) is 1.51. The lowest BCUT2D eigenvalue weighted by Crippen LogP contribution is -2.10. The Labute approximate surface area is 90.9 Å². The summed E-state index contributed by atoms with van der Waals surface area (Å²) in [5, 5.41) is 0. The van der Waals surface area contributed by atoms with Crippen LogP contribution in [0.1, 0.15) is 12.8 Å². The van der Waals surface area contributed by atoms with Gasteiger partial charge >= 0.3 is 0 Å². The summed E-state index contributed by atoms with van der Waals surface area (Å²) in [5.41, 5.74) is 0. The Kier molecular flexibility index (Phi) is 12.3. The van der Waals surface area contributed by atoms with Gasteiger partial charge in [-0.1, -0.05) is 0 Å². The standard InChI is InChI=1S/C11H18O4/c1-2-3-6-13-8-10-15-11-9-14-7-4-5-12/h1,5H,3-4,6-11H2. The van der Waals surface area contributed by atoms with Gasteiger partial charge in [-0.05, 0) is 0 Å². The Morgan fingerprint density at radius 3 is 2.00 bits per heavy atom. The van der Waals surface area contributed by atoms with Gasteiger partial charge in [-0.3, -0.25) is 0 Å². The molecule has 0 aliphatic carbocycles. The second-order valence-corrected chi connectivity index (χ2v) is 2.75. The van der Waals surface area contributed by atoms with Crippen LogP contribution in [0.4, 0.5) is 0 Å². The molecule has 0 N–H and O–H groups in total. The molecule has 4 heteroatoms. The first-order chi connectivity index (χ1) is 7.41. The van der Waals surface area contributed by atoms with Crippen LogP contribution in [0.3, 0.4) is 0 Å². The molecule has 0 saturated carbocycles. The van der Waals surface area contributed by atoms with Crippen molar-refractivity contribution >= 4 is 6.29 Å². The average Bonchev–Trinajstić information content (AvgIpc) is 2.26. The number of carbonyl (C=O) groups excluding carboxylic acids is 1. The fourth-order valence-corrected chi connectivity index (χ4v) is 0.804. The number of aldehydes is 1. The smallest absolute Gasteiger partial charge is 0.122 e. The van der Waals surface area contributed by atoms with E-state index in [1.54, 1.807) is 0 Å². The lowest BCUT2D eigenvalue weighted by atomic mass is 10.5. The second-order valence-electron chi connectivity index (χ2n) is 2.75. The topological polar surface area (TPSA) is 44.8 Å². The van der Waals surface area contributed by atoms with Crippen molar-refractivity contribution in [3.63, 3.8) is 0 Å². The first-order valence-corrected chi connectivity index (χ1v) is 5.02. The van der Waals surface area contributed by atoms with Crippen molar-refractivity contribution in [1.82, 2.24) is 0 Å². The van der Waals surface area contributed by atoms with Crippen LogP contribution >= 0.6 is 0 Å². The van der Waals surface area contributed by atoms with Crippen molar-refractivity contribution in [1.29, 1.82) is 0 Å². The van der Waals surface area contributed by atoms with Crippen molar-refractivity contribution in [3.8, 4) is 12.3 Å². The van der Waals surface area contributed by atoms with Crippen LogP contribution < -0.4 is 0 Å². The summed E-state index contributed by atoms with van der Waals surface area (Å²) in [6, 6.07) is 0. The molecule has 0 aliphatic heterocycles. The highest BCUT2D eigenvalue weighted by Crippen LogP contribution is 1.83. The van der Waals surface area contributed by atoms with Crippen LogP contribution in [-0.2, 0) is 19.0 Å². The van der Waals surface area contributed by atoms with E-state index in [4.69, 9.17) is 20.6 Å². The van der Waals surface area contributed by atoms with Gasteiger partial charge in [-0.2, -0.15) is 0 Å². The van der Waals surface area contributed by atoms with Gasteiger partial charge in [-0.15, -0.1) is 12.3 Å². The molecular weight excluding hydrogens is 196 g/mol. The molecular formula is C11H18O4. The Bertz CT molecular complexity index is 174. The van der Waals surface area contributed by atoms with Gasteiger partial charge in [0.2, 0.25) is 0 Å². The molecule has 0 fully saturated rings. The predicted octanol–water partition coefficient (Wildman–Crippen LogP) is 0.649. The summed E-state index contributed by atoms with van der Waals surface area (Å²) in [7, 11) is 0. The van der Waals surface area contributed by atoms with Crippen molar-refractivity contribution in [3.05, 3.63) is 0 Å². The van der Waals surface area contributed by atoms with Crippen LogP contribution in [0.5, 0.6) is 0 Å². The summed E-state index contributed by atoms with van der Waals surface area (Å²) in [6.07, 6.45) is 6.95. The molecule has 0 heterocycles. The monoisotopic (exact) mass is 214 g/mol. The van der Waals surface area contributed by atoms with Crippen LogP contribution in [-0.4, -0.2) is 45.9 Å². The van der Waals surface area contributed by atoms with E-state index in [0.717, 1.165) is 6.29 Å². The summed E-state index contributed by atoms with van der Waals surface area (Å²) >= 11 is 0. The maximum Gasteiger partial charge on any atom is 0.122 e. The lowest BCUT2D eigenvalue weighted by Gasteiger charge is -2.04. The van der Waals surface area contributed by atoms with E-state index in [0.29, 0.717) is 52.5 Å². The third-order valence-corrected chi connectivity index (χ3v) is 1.51. The molecule has 15 heavy (non-hydrogen) atoms. The van der Waals surface area contributed by atoms with Crippen LogP contribution in [0.25, 0.3) is 0 Å². The number of ether oxygens (including phenoxy) is 3. The molecule has 0 spiro atoms. The van der Waals surface area contributed by atoms with Crippen LogP contribution in [0.15, 0.2) is 0 Å². The highest BCUT2D eigenvalue weighted by molar-refractivity contribution is 5.49. The second kappa shape index (κ2) is 13.1. The maximum atomic E-state index is 9.92.